The maximum atomic E-state index is 12.1. The fourth-order valence-corrected chi connectivity index (χ4v) is 2.43. The Bertz CT molecular complexity index is 636. The van der Waals surface area contributed by atoms with Gasteiger partial charge in [0.25, 0.3) is 5.91 Å². The van der Waals surface area contributed by atoms with Gasteiger partial charge in [0.1, 0.15) is 5.69 Å². The van der Waals surface area contributed by atoms with Gasteiger partial charge >= 0.3 is 0 Å². The molecule has 0 spiro atoms. The molecule has 2 aromatic rings. The largest absolute Gasteiger partial charge is 0.364 e. The molecule has 1 aromatic heterocycles. The number of anilines is 1. The van der Waals surface area contributed by atoms with Crippen LogP contribution in [0.3, 0.4) is 0 Å². The topological polar surface area (TPSA) is 45.2 Å². The molecular formula is C20H27N3O. The van der Waals surface area contributed by atoms with Gasteiger partial charge in [0.15, 0.2) is 0 Å². The molecular weight excluding hydrogens is 298 g/mol. The second-order valence-corrected chi connectivity index (χ2v) is 6.71. The first-order valence-corrected chi connectivity index (χ1v) is 8.52. The summed E-state index contributed by atoms with van der Waals surface area (Å²) >= 11 is 0. The third kappa shape index (κ3) is 5.08. The molecule has 0 fully saturated rings. The minimum Gasteiger partial charge on any atom is -0.364 e. The normalized spacial score (nSPS) is 10.9. The van der Waals surface area contributed by atoms with E-state index in [0.717, 1.165) is 12.2 Å². The third-order valence-electron chi connectivity index (χ3n) is 3.80. The molecule has 1 N–H and O–H groups in total. The van der Waals surface area contributed by atoms with E-state index >= 15 is 0 Å². The van der Waals surface area contributed by atoms with Crippen LogP contribution < -0.4 is 10.2 Å². The van der Waals surface area contributed by atoms with Gasteiger partial charge in [0.05, 0.1) is 11.9 Å². The zero-order chi connectivity index (χ0) is 17.5. The van der Waals surface area contributed by atoms with Gasteiger partial charge in [0, 0.05) is 19.1 Å². The Morgan fingerprint density at radius 1 is 1.08 bits per heavy atom. The van der Waals surface area contributed by atoms with E-state index in [0.29, 0.717) is 24.2 Å². The maximum Gasteiger partial charge on any atom is 0.269 e. The molecule has 0 aliphatic rings. The summed E-state index contributed by atoms with van der Waals surface area (Å²) in [7, 11) is 0. The predicted molar refractivity (Wildman–Crippen MR) is 99.2 cm³/mol. The van der Waals surface area contributed by atoms with E-state index in [1.165, 1.54) is 5.56 Å². The van der Waals surface area contributed by atoms with Crippen molar-refractivity contribution in [3.05, 3.63) is 59.9 Å². The van der Waals surface area contributed by atoms with Crippen molar-refractivity contribution >= 4 is 11.6 Å². The lowest BCUT2D eigenvalue weighted by Gasteiger charge is -2.29. The van der Waals surface area contributed by atoms with Crippen molar-refractivity contribution in [1.29, 1.82) is 0 Å². The Morgan fingerprint density at radius 2 is 1.79 bits per heavy atom. The molecule has 2 rings (SSSR count). The van der Waals surface area contributed by atoms with Gasteiger partial charge in [-0.25, -0.2) is 4.98 Å². The lowest BCUT2D eigenvalue weighted by atomic mass is 10.1. The quantitative estimate of drug-likeness (QED) is 0.840. The van der Waals surface area contributed by atoms with Crippen LogP contribution in [-0.2, 0) is 6.54 Å². The fourth-order valence-electron chi connectivity index (χ4n) is 2.43. The monoisotopic (exact) mass is 325 g/mol. The van der Waals surface area contributed by atoms with Gasteiger partial charge in [-0.1, -0.05) is 44.2 Å². The van der Waals surface area contributed by atoms with Crippen LogP contribution in [0.1, 0.15) is 43.7 Å². The molecule has 1 amide bonds. The number of amides is 1. The Hall–Kier alpha value is -2.36. The molecule has 24 heavy (non-hydrogen) atoms. The van der Waals surface area contributed by atoms with Crippen molar-refractivity contribution in [3.63, 3.8) is 0 Å². The summed E-state index contributed by atoms with van der Waals surface area (Å²) in [5, 5.41) is 2.89. The molecule has 0 radical (unpaired) electrons. The lowest BCUT2D eigenvalue weighted by molar-refractivity contribution is 0.0944. The third-order valence-corrected chi connectivity index (χ3v) is 3.80. The molecule has 0 unspecified atom stereocenters. The molecule has 0 saturated heterocycles. The van der Waals surface area contributed by atoms with Crippen molar-refractivity contribution in [3.8, 4) is 0 Å². The van der Waals surface area contributed by atoms with Gasteiger partial charge < -0.3 is 10.2 Å². The summed E-state index contributed by atoms with van der Waals surface area (Å²) in [6, 6.07) is 14.5. The Balaban J connectivity index is 2.10. The molecule has 4 heteroatoms. The van der Waals surface area contributed by atoms with Gasteiger partial charge in [-0.05, 0) is 37.5 Å². The van der Waals surface area contributed by atoms with Crippen LogP contribution >= 0.6 is 0 Å². The number of aromatic nitrogens is 1. The highest BCUT2D eigenvalue weighted by molar-refractivity contribution is 5.92. The molecule has 0 aliphatic heterocycles. The second-order valence-electron chi connectivity index (χ2n) is 6.71. The average Bonchev–Trinajstić information content (AvgIpc) is 2.58. The van der Waals surface area contributed by atoms with Crippen molar-refractivity contribution in [2.24, 2.45) is 5.92 Å². The zero-order valence-corrected chi connectivity index (χ0v) is 15.0. The van der Waals surface area contributed by atoms with E-state index in [4.69, 9.17) is 0 Å². The zero-order valence-electron chi connectivity index (χ0n) is 15.0. The van der Waals surface area contributed by atoms with Crippen molar-refractivity contribution < 1.29 is 4.79 Å². The molecule has 0 atom stereocenters. The number of pyridine rings is 1. The number of benzene rings is 1. The minimum atomic E-state index is -0.116. The highest BCUT2D eigenvalue weighted by atomic mass is 16.1. The first-order valence-electron chi connectivity index (χ1n) is 8.52. The highest BCUT2D eigenvalue weighted by Crippen LogP contribution is 2.19. The molecule has 1 aromatic carbocycles. The number of hydrogen-bond acceptors (Lipinski definition) is 3. The molecule has 128 valence electrons. The number of carbonyl (C=O) groups excluding carboxylic acids is 1. The van der Waals surface area contributed by atoms with Crippen molar-refractivity contribution in [2.75, 3.05) is 11.4 Å². The standard InChI is InChI=1S/C20H27N3O/c1-15(2)12-22-20(24)19-11-10-18(13-21-19)23(16(3)4)14-17-8-6-5-7-9-17/h5-11,13,15-16H,12,14H2,1-4H3,(H,22,24). The van der Waals surface area contributed by atoms with Gasteiger partial charge in [-0.3, -0.25) is 4.79 Å². The first kappa shape index (κ1) is 18.0. The van der Waals surface area contributed by atoms with Crippen LogP contribution in [-0.4, -0.2) is 23.5 Å². The lowest BCUT2D eigenvalue weighted by Crippen LogP contribution is -2.31. The molecule has 0 aliphatic carbocycles. The Kier molecular flexibility index (Phi) is 6.36. The van der Waals surface area contributed by atoms with E-state index in [2.05, 4.69) is 55.0 Å². The molecule has 0 bridgehead atoms. The summed E-state index contributed by atoms with van der Waals surface area (Å²) in [6.07, 6.45) is 1.78. The van der Waals surface area contributed by atoms with E-state index in [1.54, 1.807) is 12.3 Å². The van der Waals surface area contributed by atoms with Crippen molar-refractivity contribution in [2.45, 2.75) is 40.3 Å². The van der Waals surface area contributed by atoms with Crippen LogP contribution in [0.15, 0.2) is 48.7 Å². The van der Waals surface area contributed by atoms with Gasteiger partial charge in [-0.15, -0.1) is 0 Å². The second kappa shape index (κ2) is 8.48. The van der Waals surface area contributed by atoms with E-state index in [9.17, 15) is 4.79 Å². The van der Waals surface area contributed by atoms with Crippen LogP contribution in [0.25, 0.3) is 0 Å². The Morgan fingerprint density at radius 3 is 2.33 bits per heavy atom. The first-order chi connectivity index (χ1) is 11.5. The number of nitrogens with one attached hydrogen (secondary N) is 1. The van der Waals surface area contributed by atoms with E-state index in [-0.39, 0.29) is 5.91 Å². The summed E-state index contributed by atoms with van der Waals surface area (Å²) < 4.78 is 0. The molecule has 4 nitrogen and oxygen atoms in total. The fraction of sp³-hybridized carbons (Fsp3) is 0.400. The Labute approximate surface area is 144 Å². The van der Waals surface area contributed by atoms with Gasteiger partial charge in [-0.2, -0.15) is 0 Å². The number of carbonyl (C=O) groups is 1. The highest BCUT2D eigenvalue weighted by Gasteiger charge is 2.13. The average molecular weight is 325 g/mol. The maximum absolute atomic E-state index is 12.1. The van der Waals surface area contributed by atoms with Crippen LogP contribution in [0.4, 0.5) is 5.69 Å². The summed E-state index contributed by atoms with van der Waals surface area (Å²) in [5.41, 5.74) is 2.74. The smallest absolute Gasteiger partial charge is 0.269 e. The minimum absolute atomic E-state index is 0.116. The summed E-state index contributed by atoms with van der Waals surface area (Å²) in [6.45, 7) is 9.94. The van der Waals surface area contributed by atoms with E-state index < -0.39 is 0 Å². The number of rotatable bonds is 7. The van der Waals surface area contributed by atoms with Crippen molar-refractivity contribution in [1.82, 2.24) is 10.3 Å². The van der Waals surface area contributed by atoms with Gasteiger partial charge in [0.2, 0.25) is 0 Å². The van der Waals surface area contributed by atoms with Crippen LogP contribution in [0.2, 0.25) is 0 Å². The molecule has 0 saturated carbocycles. The SMILES string of the molecule is CC(C)CNC(=O)c1ccc(N(Cc2ccccc2)C(C)C)cn1. The number of nitrogens with zero attached hydrogens (tertiary/aromatic N) is 2. The molecule has 1 heterocycles. The van der Waals surface area contributed by atoms with Crippen LogP contribution in [0, 0.1) is 5.92 Å². The van der Waals surface area contributed by atoms with Crippen LogP contribution in [0.5, 0.6) is 0 Å². The van der Waals surface area contributed by atoms with E-state index in [1.807, 2.05) is 24.3 Å². The predicted octanol–water partition coefficient (Wildman–Crippen LogP) is 3.88. The number of hydrogen-bond donors (Lipinski definition) is 1. The summed E-state index contributed by atoms with van der Waals surface area (Å²) in [5.74, 6) is 0.310. The summed E-state index contributed by atoms with van der Waals surface area (Å²) in [4.78, 5) is 18.7.